The molecule has 6 heteroatoms. The third-order valence-electron chi connectivity index (χ3n) is 2.52. The minimum absolute atomic E-state index is 0.373. The van der Waals surface area contributed by atoms with Crippen LogP contribution in [0.1, 0.15) is 24.1 Å². The van der Waals surface area contributed by atoms with Crippen molar-refractivity contribution in [3.8, 4) is 0 Å². The van der Waals surface area contributed by atoms with Crippen molar-refractivity contribution < 1.29 is 0 Å². The SMILES string of the molecule is CCc1cc(Cn2ncnc2CCl)n(C)n1. The summed E-state index contributed by atoms with van der Waals surface area (Å²) in [6.45, 7) is 2.75. The summed E-state index contributed by atoms with van der Waals surface area (Å²) in [7, 11) is 1.94. The van der Waals surface area contributed by atoms with Crippen molar-refractivity contribution >= 4 is 11.6 Å². The van der Waals surface area contributed by atoms with Gasteiger partial charge in [-0.1, -0.05) is 6.92 Å². The molecule has 0 aliphatic heterocycles. The highest BCUT2D eigenvalue weighted by atomic mass is 35.5. The van der Waals surface area contributed by atoms with Gasteiger partial charge >= 0.3 is 0 Å². The van der Waals surface area contributed by atoms with Gasteiger partial charge in [-0.3, -0.25) is 4.68 Å². The Labute approximate surface area is 99.1 Å². The Morgan fingerprint density at radius 3 is 2.88 bits per heavy atom. The van der Waals surface area contributed by atoms with Gasteiger partial charge < -0.3 is 0 Å². The molecular weight excluding hydrogens is 226 g/mol. The molecule has 0 aromatic carbocycles. The van der Waals surface area contributed by atoms with E-state index in [1.165, 1.54) is 6.33 Å². The van der Waals surface area contributed by atoms with Crippen molar-refractivity contribution in [2.45, 2.75) is 25.8 Å². The van der Waals surface area contributed by atoms with Gasteiger partial charge in [-0.2, -0.15) is 10.2 Å². The van der Waals surface area contributed by atoms with E-state index in [9.17, 15) is 0 Å². The number of aryl methyl sites for hydroxylation is 2. The normalized spacial score (nSPS) is 10.9. The highest BCUT2D eigenvalue weighted by molar-refractivity contribution is 6.16. The average molecular weight is 240 g/mol. The summed E-state index contributed by atoms with van der Waals surface area (Å²) in [5, 5.41) is 8.53. The molecule has 86 valence electrons. The maximum absolute atomic E-state index is 5.77. The van der Waals surface area contributed by atoms with Gasteiger partial charge in [-0.25, -0.2) is 9.67 Å². The number of hydrogen-bond acceptors (Lipinski definition) is 3. The Kier molecular flexibility index (Phi) is 3.24. The van der Waals surface area contributed by atoms with Crippen LogP contribution in [-0.4, -0.2) is 24.5 Å². The highest BCUT2D eigenvalue weighted by Crippen LogP contribution is 2.07. The molecule has 2 aromatic rings. The molecule has 5 nitrogen and oxygen atoms in total. The Hall–Kier alpha value is -1.36. The first kappa shape index (κ1) is 11.1. The molecule has 0 unspecified atom stereocenters. The summed E-state index contributed by atoms with van der Waals surface area (Å²) < 4.78 is 3.67. The standard InChI is InChI=1S/C10H14ClN5/c1-3-8-4-9(15(2)14-8)6-16-10(5-11)12-7-13-16/h4,7H,3,5-6H2,1-2H3. The van der Waals surface area contributed by atoms with Crippen LogP contribution in [0.15, 0.2) is 12.4 Å². The fraction of sp³-hybridized carbons (Fsp3) is 0.500. The molecule has 2 aromatic heterocycles. The highest BCUT2D eigenvalue weighted by Gasteiger charge is 2.08. The number of rotatable bonds is 4. The molecule has 0 spiro atoms. The average Bonchev–Trinajstić information content (AvgIpc) is 2.86. The molecule has 0 aliphatic rings. The minimum Gasteiger partial charge on any atom is -0.270 e. The first-order valence-corrected chi connectivity index (χ1v) is 5.72. The fourth-order valence-electron chi connectivity index (χ4n) is 1.57. The van der Waals surface area contributed by atoms with Crippen molar-refractivity contribution in [1.29, 1.82) is 0 Å². The van der Waals surface area contributed by atoms with Crippen LogP contribution < -0.4 is 0 Å². The van der Waals surface area contributed by atoms with Crippen LogP contribution in [-0.2, 0) is 25.9 Å². The number of aromatic nitrogens is 5. The van der Waals surface area contributed by atoms with Gasteiger partial charge in [0.05, 0.1) is 23.8 Å². The van der Waals surface area contributed by atoms with Crippen molar-refractivity contribution in [3.05, 3.63) is 29.6 Å². The number of alkyl halides is 1. The minimum atomic E-state index is 0.373. The first-order chi connectivity index (χ1) is 7.74. The van der Waals surface area contributed by atoms with Gasteiger partial charge in [-0.05, 0) is 12.5 Å². The molecule has 0 atom stereocenters. The van der Waals surface area contributed by atoms with E-state index >= 15 is 0 Å². The molecule has 16 heavy (non-hydrogen) atoms. The third kappa shape index (κ3) is 2.09. The largest absolute Gasteiger partial charge is 0.270 e. The third-order valence-corrected chi connectivity index (χ3v) is 2.76. The monoisotopic (exact) mass is 239 g/mol. The summed E-state index contributed by atoms with van der Waals surface area (Å²) in [5.41, 5.74) is 2.19. The van der Waals surface area contributed by atoms with Crippen LogP contribution >= 0.6 is 11.6 Å². The number of halogens is 1. The topological polar surface area (TPSA) is 48.5 Å². The fourth-order valence-corrected chi connectivity index (χ4v) is 1.78. The zero-order chi connectivity index (χ0) is 11.5. The van der Waals surface area contributed by atoms with Crippen LogP contribution in [0, 0.1) is 0 Å². The van der Waals surface area contributed by atoms with E-state index in [-0.39, 0.29) is 0 Å². The van der Waals surface area contributed by atoms with Crippen LogP contribution in [0.4, 0.5) is 0 Å². The molecule has 0 amide bonds. The lowest BCUT2D eigenvalue weighted by Crippen LogP contribution is -2.09. The maximum atomic E-state index is 5.77. The second-order valence-electron chi connectivity index (χ2n) is 3.57. The lowest BCUT2D eigenvalue weighted by molar-refractivity contribution is 0.601. The second kappa shape index (κ2) is 4.65. The molecule has 0 fully saturated rings. The summed E-state index contributed by atoms with van der Waals surface area (Å²) in [6, 6.07) is 2.08. The summed E-state index contributed by atoms with van der Waals surface area (Å²) in [6.07, 6.45) is 2.46. The molecule has 0 N–H and O–H groups in total. The van der Waals surface area contributed by atoms with Crippen LogP contribution in [0.2, 0.25) is 0 Å². The van der Waals surface area contributed by atoms with Crippen LogP contribution in [0.25, 0.3) is 0 Å². The molecule has 0 saturated heterocycles. The van der Waals surface area contributed by atoms with E-state index in [1.54, 1.807) is 4.68 Å². The van der Waals surface area contributed by atoms with Crippen molar-refractivity contribution in [1.82, 2.24) is 24.5 Å². The van der Waals surface area contributed by atoms with E-state index in [1.807, 2.05) is 11.7 Å². The molecule has 0 bridgehead atoms. The smallest absolute Gasteiger partial charge is 0.142 e. The lowest BCUT2D eigenvalue weighted by atomic mass is 10.3. The van der Waals surface area contributed by atoms with Crippen molar-refractivity contribution in [2.24, 2.45) is 7.05 Å². The molecular formula is C10H14ClN5. The van der Waals surface area contributed by atoms with Gasteiger partial charge in [0.1, 0.15) is 12.2 Å². The number of hydrogen-bond donors (Lipinski definition) is 0. The predicted molar refractivity (Wildman–Crippen MR) is 61.3 cm³/mol. The molecule has 0 aliphatic carbocycles. The lowest BCUT2D eigenvalue weighted by Gasteiger charge is -2.03. The molecule has 0 radical (unpaired) electrons. The van der Waals surface area contributed by atoms with E-state index in [0.29, 0.717) is 12.4 Å². The van der Waals surface area contributed by atoms with Crippen molar-refractivity contribution in [3.63, 3.8) is 0 Å². The van der Waals surface area contributed by atoms with Gasteiger partial charge in [0.2, 0.25) is 0 Å². The zero-order valence-electron chi connectivity index (χ0n) is 9.39. The Morgan fingerprint density at radius 1 is 1.44 bits per heavy atom. The summed E-state index contributed by atoms with van der Waals surface area (Å²) in [5.74, 6) is 1.15. The Morgan fingerprint density at radius 2 is 2.25 bits per heavy atom. The van der Waals surface area contributed by atoms with E-state index in [0.717, 1.165) is 23.6 Å². The van der Waals surface area contributed by atoms with Crippen molar-refractivity contribution in [2.75, 3.05) is 0 Å². The first-order valence-electron chi connectivity index (χ1n) is 5.19. The number of nitrogens with zero attached hydrogens (tertiary/aromatic N) is 5. The zero-order valence-corrected chi connectivity index (χ0v) is 10.1. The molecule has 2 rings (SSSR count). The van der Waals surface area contributed by atoms with Gasteiger partial charge in [0.15, 0.2) is 0 Å². The molecule has 0 saturated carbocycles. The Bertz CT molecular complexity index is 473. The Balaban J connectivity index is 2.23. The molecule has 2 heterocycles. The van der Waals surface area contributed by atoms with Gasteiger partial charge in [-0.15, -0.1) is 11.6 Å². The van der Waals surface area contributed by atoms with E-state index in [4.69, 9.17) is 11.6 Å². The predicted octanol–water partition coefficient (Wildman–Crippen LogP) is 1.36. The van der Waals surface area contributed by atoms with E-state index in [2.05, 4.69) is 28.2 Å². The van der Waals surface area contributed by atoms with Crippen LogP contribution in [0.5, 0.6) is 0 Å². The van der Waals surface area contributed by atoms with Crippen LogP contribution in [0.3, 0.4) is 0 Å². The van der Waals surface area contributed by atoms with Gasteiger partial charge in [0, 0.05) is 7.05 Å². The maximum Gasteiger partial charge on any atom is 0.142 e. The van der Waals surface area contributed by atoms with Gasteiger partial charge in [0.25, 0.3) is 0 Å². The quantitative estimate of drug-likeness (QED) is 0.757. The second-order valence-corrected chi connectivity index (χ2v) is 3.84. The summed E-state index contributed by atoms with van der Waals surface area (Å²) >= 11 is 5.77. The van der Waals surface area contributed by atoms with E-state index < -0.39 is 0 Å². The summed E-state index contributed by atoms with van der Waals surface area (Å²) in [4.78, 5) is 4.08.